The predicted molar refractivity (Wildman–Crippen MR) is 125 cm³/mol. The lowest BCUT2D eigenvalue weighted by atomic mass is 10.1. The molecule has 1 unspecified atom stereocenters. The Kier molecular flexibility index (Phi) is 7.51. The maximum absolute atomic E-state index is 12.7. The molecule has 0 bridgehead atoms. The van der Waals surface area contributed by atoms with Crippen molar-refractivity contribution in [3.05, 3.63) is 83.9 Å². The van der Waals surface area contributed by atoms with E-state index in [1.165, 1.54) is 0 Å². The second-order valence-corrected chi connectivity index (χ2v) is 8.36. The molecule has 3 rings (SSSR count). The number of carbonyl (C=O) groups excluding carboxylic acids is 2. The predicted octanol–water partition coefficient (Wildman–Crippen LogP) is 5.22. The van der Waals surface area contributed by atoms with Crippen molar-refractivity contribution in [3.8, 4) is 11.8 Å². The van der Waals surface area contributed by atoms with Crippen LogP contribution in [0.15, 0.2) is 72.8 Å². The minimum atomic E-state index is -0.943. The average Bonchev–Trinajstić information content (AvgIpc) is 2.76. The van der Waals surface area contributed by atoms with Crippen LogP contribution in [0.2, 0.25) is 0 Å². The van der Waals surface area contributed by atoms with Crippen molar-refractivity contribution >= 4 is 22.8 Å². The molecule has 0 radical (unpaired) electrons. The molecule has 0 aliphatic carbocycles. The maximum Gasteiger partial charge on any atom is 0.408 e. The van der Waals surface area contributed by atoms with E-state index >= 15 is 0 Å². The molecule has 1 amide bonds. The van der Waals surface area contributed by atoms with Crippen molar-refractivity contribution in [1.82, 2.24) is 5.32 Å². The molecule has 0 heterocycles. The van der Waals surface area contributed by atoms with Crippen LogP contribution in [-0.4, -0.2) is 23.7 Å². The highest BCUT2D eigenvalue weighted by atomic mass is 16.6. The van der Waals surface area contributed by atoms with E-state index in [0.29, 0.717) is 0 Å². The Bertz CT molecular complexity index is 1140. The first-order chi connectivity index (χ1) is 15.3. The quantitative estimate of drug-likeness (QED) is 0.446. The number of carbonyl (C=O) groups is 2. The third-order valence-corrected chi connectivity index (χ3v) is 4.49. The maximum atomic E-state index is 12.7. The number of amides is 1. The van der Waals surface area contributed by atoms with Gasteiger partial charge in [-0.1, -0.05) is 72.5 Å². The molecular formula is C27H27NO4. The van der Waals surface area contributed by atoms with Crippen molar-refractivity contribution in [1.29, 1.82) is 0 Å². The number of ether oxygens (including phenoxy) is 2. The number of hydrogen-bond acceptors (Lipinski definition) is 4. The third kappa shape index (κ3) is 7.17. The molecule has 5 nitrogen and oxygen atoms in total. The van der Waals surface area contributed by atoms with Gasteiger partial charge in [0.1, 0.15) is 18.2 Å². The summed E-state index contributed by atoms with van der Waals surface area (Å²) in [6, 6.07) is 22.4. The first-order valence-electron chi connectivity index (χ1n) is 10.5. The fraction of sp³-hybridized carbons (Fsp3) is 0.259. The average molecular weight is 430 g/mol. The number of rotatable bonds is 5. The number of hydrogen-bond donors (Lipinski definition) is 1. The van der Waals surface area contributed by atoms with E-state index in [2.05, 4.69) is 17.2 Å². The zero-order valence-corrected chi connectivity index (χ0v) is 18.6. The summed E-state index contributed by atoms with van der Waals surface area (Å²) in [7, 11) is 0. The second kappa shape index (κ2) is 10.5. The normalized spacial score (nSPS) is 11.7. The van der Waals surface area contributed by atoms with Crippen LogP contribution in [-0.2, 0) is 20.9 Å². The van der Waals surface area contributed by atoms with Gasteiger partial charge in [0.25, 0.3) is 0 Å². The fourth-order valence-corrected chi connectivity index (χ4v) is 2.99. The molecule has 0 saturated heterocycles. The van der Waals surface area contributed by atoms with Gasteiger partial charge in [0.05, 0.1) is 0 Å². The SMILES string of the molecule is CC(C)(C)OC(=O)NC(CC#Cc1ccc2ccccc2c1)C(=O)OCc1ccccc1. The van der Waals surface area contributed by atoms with Gasteiger partial charge >= 0.3 is 12.1 Å². The van der Waals surface area contributed by atoms with Gasteiger partial charge in [0.15, 0.2) is 0 Å². The summed E-state index contributed by atoms with van der Waals surface area (Å²) in [5.41, 5.74) is 1.01. The van der Waals surface area contributed by atoms with Gasteiger partial charge in [-0.05, 0) is 49.2 Å². The highest BCUT2D eigenvalue weighted by Crippen LogP contribution is 2.15. The number of fused-ring (bicyclic) bond motifs is 1. The molecule has 0 spiro atoms. The van der Waals surface area contributed by atoms with Crippen LogP contribution >= 0.6 is 0 Å². The molecule has 0 fully saturated rings. The molecule has 1 N–H and O–H groups in total. The summed E-state index contributed by atoms with van der Waals surface area (Å²) >= 11 is 0. The zero-order valence-electron chi connectivity index (χ0n) is 18.6. The number of nitrogens with one attached hydrogen (secondary N) is 1. The molecule has 3 aromatic carbocycles. The Morgan fingerprint density at radius 3 is 2.34 bits per heavy atom. The van der Waals surface area contributed by atoms with Gasteiger partial charge in [-0.15, -0.1) is 0 Å². The summed E-state index contributed by atoms with van der Waals surface area (Å²) < 4.78 is 10.7. The van der Waals surface area contributed by atoms with Crippen LogP contribution in [0.25, 0.3) is 10.8 Å². The van der Waals surface area contributed by atoms with Crippen molar-refractivity contribution in [2.45, 2.75) is 45.4 Å². The minimum Gasteiger partial charge on any atom is -0.459 e. The Labute approximate surface area is 188 Å². The van der Waals surface area contributed by atoms with Gasteiger partial charge in [-0.2, -0.15) is 0 Å². The van der Waals surface area contributed by atoms with E-state index < -0.39 is 23.7 Å². The second-order valence-electron chi connectivity index (χ2n) is 8.36. The van der Waals surface area contributed by atoms with Crippen molar-refractivity contribution < 1.29 is 19.1 Å². The standard InChI is InChI=1S/C27H27NO4/c1-27(2,3)32-26(30)28-24(25(29)31-19-21-10-5-4-6-11-21)15-9-12-20-16-17-22-13-7-8-14-23(22)18-20/h4-8,10-11,13-14,16-18,24H,15,19H2,1-3H3,(H,28,30). The molecular weight excluding hydrogens is 402 g/mol. The summed E-state index contributed by atoms with van der Waals surface area (Å²) in [4.78, 5) is 24.9. The van der Waals surface area contributed by atoms with Crippen LogP contribution in [0.5, 0.6) is 0 Å². The van der Waals surface area contributed by atoms with Gasteiger partial charge in [0, 0.05) is 12.0 Å². The monoisotopic (exact) mass is 429 g/mol. The molecule has 0 aliphatic rings. The van der Waals surface area contributed by atoms with Gasteiger partial charge in [-0.3, -0.25) is 0 Å². The summed E-state index contributed by atoms with van der Waals surface area (Å²) in [5.74, 6) is 5.50. The van der Waals surface area contributed by atoms with Crippen molar-refractivity contribution in [2.24, 2.45) is 0 Å². The van der Waals surface area contributed by atoms with E-state index in [4.69, 9.17) is 9.47 Å². The van der Waals surface area contributed by atoms with E-state index in [1.807, 2.05) is 72.8 Å². The smallest absolute Gasteiger partial charge is 0.408 e. The van der Waals surface area contributed by atoms with Gasteiger partial charge in [0.2, 0.25) is 0 Å². The molecule has 1 atom stereocenters. The number of benzene rings is 3. The third-order valence-electron chi connectivity index (χ3n) is 4.49. The molecule has 0 saturated carbocycles. The van der Waals surface area contributed by atoms with E-state index in [9.17, 15) is 9.59 Å². The van der Waals surface area contributed by atoms with Crippen LogP contribution in [0, 0.1) is 11.8 Å². The van der Waals surface area contributed by atoms with Crippen molar-refractivity contribution in [3.63, 3.8) is 0 Å². The van der Waals surface area contributed by atoms with Crippen LogP contribution < -0.4 is 5.32 Å². The van der Waals surface area contributed by atoms with Crippen LogP contribution in [0.1, 0.15) is 38.3 Å². The minimum absolute atomic E-state index is 0.0969. The largest absolute Gasteiger partial charge is 0.459 e. The molecule has 32 heavy (non-hydrogen) atoms. The molecule has 0 aromatic heterocycles. The Hall–Kier alpha value is -3.78. The molecule has 3 aromatic rings. The van der Waals surface area contributed by atoms with Crippen LogP contribution in [0.4, 0.5) is 4.79 Å². The van der Waals surface area contributed by atoms with E-state index in [1.54, 1.807) is 20.8 Å². The van der Waals surface area contributed by atoms with Gasteiger partial charge < -0.3 is 14.8 Å². The lowest BCUT2D eigenvalue weighted by Crippen LogP contribution is -2.44. The number of esters is 1. The molecule has 164 valence electrons. The lowest BCUT2D eigenvalue weighted by molar-refractivity contribution is -0.147. The van der Waals surface area contributed by atoms with E-state index in [-0.39, 0.29) is 13.0 Å². The summed E-state index contributed by atoms with van der Waals surface area (Å²) in [6.07, 6.45) is -0.591. The summed E-state index contributed by atoms with van der Waals surface area (Å²) in [6.45, 7) is 5.39. The summed E-state index contributed by atoms with van der Waals surface area (Å²) in [5, 5.41) is 4.81. The zero-order chi connectivity index (χ0) is 23.0. The highest BCUT2D eigenvalue weighted by molar-refractivity contribution is 5.84. The first-order valence-corrected chi connectivity index (χ1v) is 10.5. The van der Waals surface area contributed by atoms with Crippen molar-refractivity contribution in [2.75, 3.05) is 0 Å². The Balaban J connectivity index is 1.70. The lowest BCUT2D eigenvalue weighted by Gasteiger charge is -2.22. The highest BCUT2D eigenvalue weighted by Gasteiger charge is 2.25. The van der Waals surface area contributed by atoms with Crippen LogP contribution in [0.3, 0.4) is 0 Å². The van der Waals surface area contributed by atoms with E-state index in [0.717, 1.165) is 21.9 Å². The number of alkyl carbamates (subject to hydrolysis) is 1. The Morgan fingerprint density at radius 1 is 0.938 bits per heavy atom. The molecule has 0 aliphatic heterocycles. The topological polar surface area (TPSA) is 64.6 Å². The fourth-order valence-electron chi connectivity index (χ4n) is 2.99. The molecule has 5 heteroatoms. The van der Waals surface area contributed by atoms with Gasteiger partial charge in [-0.25, -0.2) is 9.59 Å². The Morgan fingerprint density at radius 2 is 1.62 bits per heavy atom. The first kappa shape index (κ1) is 22.9.